The lowest BCUT2D eigenvalue weighted by molar-refractivity contribution is -0.140. The molecule has 1 aliphatic rings. The highest BCUT2D eigenvalue weighted by atomic mass is 19.1. The second-order valence-electron chi connectivity index (χ2n) is 5.65. The molecule has 2 N–H and O–H groups in total. The van der Waals surface area contributed by atoms with Gasteiger partial charge in [-0.15, -0.1) is 0 Å². The van der Waals surface area contributed by atoms with Crippen molar-refractivity contribution in [3.8, 4) is 0 Å². The summed E-state index contributed by atoms with van der Waals surface area (Å²) in [5.41, 5.74) is -1.51. The highest BCUT2D eigenvalue weighted by Gasteiger charge is 2.38. The third-order valence-electron chi connectivity index (χ3n) is 3.76. The average Bonchev–Trinajstić information content (AvgIpc) is 2.85. The number of hydrogen-bond acceptors (Lipinski definition) is 3. The zero-order valence-electron chi connectivity index (χ0n) is 11.8. The van der Waals surface area contributed by atoms with E-state index < -0.39 is 11.2 Å². The quantitative estimate of drug-likeness (QED) is 0.883. The summed E-state index contributed by atoms with van der Waals surface area (Å²) in [4.78, 5) is 12.1. The number of aliphatic hydroxyl groups is 1. The Balaban J connectivity index is 1.98. The Kier molecular flexibility index (Phi) is 4.11. The lowest BCUT2D eigenvalue weighted by atomic mass is 9.95. The van der Waals surface area contributed by atoms with Gasteiger partial charge in [-0.25, -0.2) is 4.39 Å². The molecule has 0 aromatic heterocycles. The molecular formula is C15H20FNO3. The van der Waals surface area contributed by atoms with Gasteiger partial charge >= 0.3 is 0 Å². The first-order valence-electron chi connectivity index (χ1n) is 6.74. The number of halogens is 1. The fourth-order valence-electron chi connectivity index (χ4n) is 2.31. The van der Waals surface area contributed by atoms with Gasteiger partial charge in [-0.2, -0.15) is 0 Å². The highest BCUT2D eigenvalue weighted by Crippen LogP contribution is 2.26. The van der Waals surface area contributed by atoms with E-state index in [1.807, 2.05) is 0 Å². The van der Waals surface area contributed by atoms with E-state index in [4.69, 9.17) is 4.74 Å². The Hall–Kier alpha value is -1.46. The topological polar surface area (TPSA) is 58.6 Å². The standard InChI is InChI=1S/C15H20FNO3/c1-14(19,11-4-6-12(16)7-5-11)10-17-13(18)15(2)8-3-9-20-15/h4-7,19H,3,8-10H2,1-2H3,(H,17,18). The first kappa shape index (κ1) is 14.9. The summed E-state index contributed by atoms with van der Waals surface area (Å²) in [6.07, 6.45) is 1.54. The van der Waals surface area contributed by atoms with Crippen molar-refractivity contribution in [2.45, 2.75) is 37.9 Å². The van der Waals surface area contributed by atoms with Gasteiger partial charge in [0.15, 0.2) is 0 Å². The number of hydrogen-bond donors (Lipinski definition) is 2. The van der Waals surface area contributed by atoms with Crippen LogP contribution in [0.1, 0.15) is 32.3 Å². The lowest BCUT2D eigenvalue weighted by Crippen LogP contribution is -2.48. The van der Waals surface area contributed by atoms with Crippen LogP contribution in [0.15, 0.2) is 24.3 Å². The first-order valence-corrected chi connectivity index (χ1v) is 6.74. The maximum absolute atomic E-state index is 12.9. The summed E-state index contributed by atoms with van der Waals surface area (Å²) in [7, 11) is 0. The predicted octanol–water partition coefficient (Wildman–Crippen LogP) is 1.72. The summed E-state index contributed by atoms with van der Waals surface area (Å²) in [5, 5.41) is 13.1. The van der Waals surface area contributed by atoms with Crippen LogP contribution in [0.3, 0.4) is 0 Å². The van der Waals surface area contributed by atoms with Crippen LogP contribution in [0.2, 0.25) is 0 Å². The fourth-order valence-corrected chi connectivity index (χ4v) is 2.31. The van der Waals surface area contributed by atoms with E-state index in [2.05, 4.69) is 5.32 Å². The molecule has 0 spiro atoms. The van der Waals surface area contributed by atoms with Crippen LogP contribution in [0.25, 0.3) is 0 Å². The van der Waals surface area contributed by atoms with Crippen LogP contribution in [0, 0.1) is 5.82 Å². The third kappa shape index (κ3) is 3.16. The maximum atomic E-state index is 12.9. The number of nitrogens with one attached hydrogen (secondary N) is 1. The Morgan fingerprint density at radius 1 is 1.50 bits per heavy atom. The van der Waals surface area contributed by atoms with Gasteiger partial charge in [0, 0.05) is 6.61 Å². The molecule has 1 aromatic rings. The lowest BCUT2D eigenvalue weighted by Gasteiger charge is -2.28. The number of rotatable bonds is 4. The smallest absolute Gasteiger partial charge is 0.252 e. The largest absolute Gasteiger partial charge is 0.384 e. The molecule has 0 radical (unpaired) electrons. The Bertz CT molecular complexity index is 478. The molecule has 1 saturated heterocycles. The van der Waals surface area contributed by atoms with Crippen LogP contribution >= 0.6 is 0 Å². The van der Waals surface area contributed by atoms with Crippen LogP contribution in [-0.2, 0) is 15.1 Å². The van der Waals surface area contributed by atoms with E-state index in [1.165, 1.54) is 24.3 Å². The average molecular weight is 281 g/mol. The molecule has 0 saturated carbocycles. The Labute approximate surface area is 117 Å². The van der Waals surface area contributed by atoms with Gasteiger partial charge in [0.25, 0.3) is 5.91 Å². The molecule has 1 fully saturated rings. The molecule has 0 aliphatic carbocycles. The molecule has 2 atom stereocenters. The zero-order chi connectivity index (χ0) is 14.8. The molecule has 1 heterocycles. The van der Waals surface area contributed by atoms with Crippen molar-refractivity contribution in [2.75, 3.05) is 13.2 Å². The zero-order valence-corrected chi connectivity index (χ0v) is 11.8. The highest BCUT2D eigenvalue weighted by molar-refractivity contribution is 5.85. The van der Waals surface area contributed by atoms with Crippen molar-refractivity contribution in [1.29, 1.82) is 0 Å². The summed E-state index contributed by atoms with van der Waals surface area (Å²) >= 11 is 0. The fraction of sp³-hybridized carbons (Fsp3) is 0.533. The van der Waals surface area contributed by atoms with E-state index in [9.17, 15) is 14.3 Å². The SMILES string of the molecule is CC1(C(=O)NCC(C)(O)c2ccc(F)cc2)CCCO1. The summed E-state index contributed by atoms with van der Waals surface area (Å²) in [6.45, 7) is 3.97. The summed E-state index contributed by atoms with van der Waals surface area (Å²) in [6, 6.07) is 5.59. The maximum Gasteiger partial charge on any atom is 0.252 e. The van der Waals surface area contributed by atoms with Crippen molar-refractivity contribution >= 4 is 5.91 Å². The first-order chi connectivity index (χ1) is 9.33. The van der Waals surface area contributed by atoms with Gasteiger partial charge in [-0.1, -0.05) is 12.1 Å². The normalized spacial score (nSPS) is 25.2. The molecule has 20 heavy (non-hydrogen) atoms. The molecule has 2 rings (SSSR count). The van der Waals surface area contributed by atoms with Crippen molar-refractivity contribution < 1.29 is 19.0 Å². The third-order valence-corrected chi connectivity index (χ3v) is 3.76. The van der Waals surface area contributed by atoms with Crippen LogP contribution in [0.4, 0.5) is 4.39 Å². The van der Waals surface area contributed by atoms with E-state index in [0.717, 1.165) is 6.42 Å². The Morgan fingerprint density at radius 3 is 2.70 bits per heavy atom. The minimum atomic E-state index is -1.25. The number of amides is 1. The van der Waals surface area contributed by atoms with Crippen molar-refractivity contribution in [3.63, 3.8) is 0 Å². The molecule has 1 aliphatic heterocycles. The predicted molar refractivity (Wildman–Crippen MR) is 72.6 cm³/mol. The van der Waals surface area contributed by atoms with E-state index in [1.54, 1.807) is 13.8 Å². The summed E-state index contributed by atoms with van der Waals surface area (Å²) < 4.78 is 18.3. The molecule has 110 valence electrons. The van der Waals surface area contributed by atoms with Gasteiger partial charge in [0.1, 0.15) is 17.0 Å². The molecule has 4 nitrogen and oxygen atoms in total. The van der Waals surface area contributed by atoms with Gasteiger partial charge in [-0.3, -0.25) is 4.79 Å². The monoisotopic (exact) mass is 281 g/mol. The van der Waals surface area contributed by atoms with Crippen molar-refractivity contribution in [2.24, 2.45) is 0 Å². The van der Waals surface area contributed by atoms with Gasteiger partial charge in [-0.05, 0) is 44.4 Å². The number of carbonyl (C=O) groups is 1. The van der Waals surface area contributed by atoms with Gasteiger partial charge in [0.2, 0.25) is 0 Å². The second-order valence-corrected chi connectivity index (χ2v) is 5.65. The minimum Gasteiger partial charge on any atom is -0.384 e. The number of ether oxygens (including phenoxy) is 1. The molecular weight excluding hydrogens is 261 g/mol. The van der Waals surface area contributed by atoms with Crippen LogP contribution in [0.5, 0.6) is 0 Å². The molecule has 5 heteroatoms. The number of carbonyl (C=O) groups excluding carboxylic acids is 1. The minimum absolute atomic E-state index is 0.0520. The molecule has 2 unspecified atom stereocenters. The van der Waals surface area contributed by atoms with Gasteiger partial charge < -0.3 is 15.2 Å². The Morgan fingerprint density at radius 2 is 2.15 bits per heavy atom. The van der Waals surface area contributed by atoms with E-state index in [-0.39, 0.29) is 18.3 Å². The number of benzene rings is 1. The van der Waals surface area contributed by atoms with Crippen LogP contribution < -0.4 is 5.32 Å². The second kappa shape index (κ2) is 5.50. The molecule has 1 amide bonds. The van der Waals surface area contributed by atoms with E-state index >= 15 is 0 Å². The van der Waals surface area contributed by atoms with Crippen molar-refractivity contribution in [3.05, 3.63) is 35.6 Å². The van der Waals surface area contributed by atoms with Gasteiger partial charge in [0.05, 0.1) is 6.54 Å². The summed E-state index contributed by atoms with van der Waals surface area (Å²) in [5.74, 6) is -0.585. The molecule has 1 aromatic carbocycles. The van der Waals surface area contributed by atoms with Crippen molar-refractivity contribution in [1.82, 2.24) is 5.32 Å². The molecule has 0 bridgehead atoms. The van der Waals surface area contributed by atoms with E-state index in [0.29, 0.717) is 18.6 Å². The van der Waals surface area contributed by atoms with Crippen LogP contribution in [-0.4, -0.2) is 29.8 Å².